The van der Waals surface area contributed by atoms with Crippen LogP contribution in [0.5, 0.6) is 0 Å². The summed E-state index contributed by atoms with van der Waals surface area (Å²) < 4.78 is 0. The van der Waals surface area contributed by atoms with E-state index in [2.05, 4.69) is 13.8 Å². The minimum absolute atomic E-state index is 0.0375. The molecule has 0 aromatic heterocycles. The van der Waals surface area contributed by atoms with E-state index in [4.69, 9.17) is 5.73 Å². The van der Waals surface area contributed by atoms with E-state index in [0.717, 1.165) is 12.8 Å². The van der Waals surface area contributed by atoms with Crippen LogP contribution >= 0.6 is 0 Å². The lowest BCUT2D eigenvalue weighted by Gasteiger charge is -2.24. The van der Waals surface area contributed by atoms with E-state index in [1.807, 2.05) is 0 Å². The highest BCUT2D eigenvalue weighted by Gasteiger charge is 2.53. The molecule has 2 N–H and O–H groups in total. The second-order valence-electron chi connectivity index (χ2n) is 5.71. The molecule has 2 heteroatoms. The Morgan fingerprint density at radius 1 is 1.06 bits per heavy atom. The van der Waals surface area contributed by atoms with Gasteiger partial charge in [0.1, 0.15) is 0 Å². The molecular formula is C15H29NO. The molecule has 1 fully saturated rings. The fourth-order valence-electron chi connectivity index (χ4n) is 3.03. The Bertz CT molecular complexity index is 233. The first kappa shape index (κ1) is 14.5. The molecule has 0 radical (unpaired) electrons. The first-order valence-corrected chi connectivity index (χ1v) is 7.47. The summed E-state index contributed by atoms with van der Waals surface area (Å²) in [6.45, 7) is 4.45. The number of primary amides is 1. The van der Waals surface area contributed by atoms with Crippen molar-refractivity contribution in [2.24, 2.45) is 17.1 Å². The fourth-order valence-corrected chi connectivity index (χ4v) is 3.03. The average molecular weight is 239 g/mol. The van der Waals surface area contributed by atoms with E-state index >= 15 is 0 Å². The minimum Gasteiger partial charge on any atom is -0.369 e. The van der Waals surface area contributed by atoms with Crippen molar-refractivity contribution < 1.29 is 4.79 Å². The number of carbonyl (C=O) groups excluding carboxylic acids is 1. The molecular weight excluding hydrogens is 210 g/mol. The van der Waals surface area contributed by atoms with Gasteiger partial charge in [-0.1, -0.05) is 52.4 Å². The summed E-state index contributed by atoms with van der Waals surface area (Å²) in [5, 5.41) is 0. The van der Waals surface area contributed by atoms with Gasteiger partial charge >= 0.3 is 0 Å². The Hall–Kier alpha value is -0.530. The highest BCUT2D eigenvalue weighted by atomic mass is 16.1. The molecule has 1 atom stereocenters. The highest BCUT2D eigenvalue weighted by Crippen LogP contribution is 2.54. The van der Waals surface area contributed by atoms with Crippen molar-refractivity contribution in [1.82, 2.24) is 0 Å². The van der Waals surface area contributed by atoms with Crippen LogP contribution in [0.4, 0.5) is 0 Å². The third-order valence-corrected chi connectivity index (χ3v) is 4.35. The van der Waals surface area contributed by atoms with Crippen molar-refractivity contribution in [2.75, 3.05) is 0 Å². The number of unbranched alkanes of at least 4 members (excludes halogenated alkanes) is 4. The molecule has 0 heterocycles. The van der Waals surface area contributed by atoms with Gasteiger partial charge in [0.25, 0.3) is 0 Å². The number of hydrogen-bond acceptors (Lipinski definition) is 1. The molecule has 1 aliphatic rings. The van der Waals surface area contributed by atoms with Crippen molar-refractivity contribution >= 4 is 5.91 Å². The molecule has 1 rings (SSSR count). The van der Waals surface area contributed by atoms with Crippen LogP contribution in [0.3, 0.4) is 0 Å². The van der Waals surface area contributed by atoms with Crippen LogP contribution in [0, 0.1) is 11.3 Å². The van der Waals surface area contributed by atoms with Gasteiger partial charge in [-0.3, -0.25) is 4.79 Å². The van der Waals surface area contributed by atoms with Gasteiger partial charge in [-0.15, -0.1) is 0 Å². The van der Waals surface area contributed by atoms with Crippen molar-refractivity contribution in [3.05, 3.63) is 0 Å². The van der Waals surface area contributed by atoms with Gasteiger partial charge in [-0.2, -0.15) is 0 Å². The Labute approximate surface area is 106 Å². The number of carbonyl (C=O) groups is 1. The molecule has 0 aromatic rings. The predicted octanol–water partition coefficient (Wildman–Crippen LogP) is 4.03. The monoisotopic (exact) mass is 239 g/mol. The Balaban J connectivity index is 2.31. The summed E-state index contributed by atoms with van der Waals surface area (Å²) in [4.78, 5) is 11.6. The van der Waals surface area contributed by atoms with E-state index in [0.29, 0.717) is 5.92 Å². The maximum absolute atomic E-state index is 11.6. The number of hydrogen-bond donors (Lipinski definition) is 1. The van der Waals surface area contributed by atoms with Crippen molar-refractivity contribution in [2.45, 2.75) is 78.1 Å². The summed E-state index contributed by atoms with van der Waals surface area (Å²) in [5.74, 6) is 0.524. The van der Waals surface area contributed by atoms with Crippen LogP contribution in [-0.4, -0.2) is 5.91 Å². The summed E-state index contributed by atoms with van der Waals surface area (Å²) in [6.07, 6.45) is 12.2. The minimum atomic E-state index is -0.0965. The molecule has 0 saturated heterocycles. The van der Waals surface area contributed by atoms with E-state index < -0.39 is 0 Å². The SMILES string of the molecule is CCCCCCCC(CCC)C1(C(N)=O)CC1. The molecule has 2 nitrogen and oxygen atoms in total. The lowest BCUT2D eigenvalue weighted by atomic mass is 9.81. The van der Waals surface area contributed by atoms with Crippen molar-refractivity contribution in [3.63, 3.8) is 0 Å². The van der Waals surface area contributed by atoms with Gasteiger partial charge in [-0.25, -0.2) is 0 Å². The first-order valence-electron chi connectivity index (χ1n) is 7.47. The van der Waals surface area contributed by atoms with E-state index in [1.54, 1.807) is 0 Å². The zero-order valence-corrected chi connectivity index (χ0v) is 11.6. The van der Waals surface area contributed by atoms with Crippen LogP contribution in [0.1, 0.15) is 78.1 Å². The second kappa shape index (κ2) is 7.03. The van der Waals surface area contributed by atoms with Gasteiger partial charge in [0, 0.05) is 0 Å². The zero-order valence-electron chi connectivity index (χ0n) is 11.6. The zero-order chi connectivity index (χ0) is 12.7. The van der Waals surface area contributed by atoms with E-state index in [1.165, 1.54) is 51.4 Å². The highest BCUT2D eigenvalue weighted by molar-refractivity contribution is 5.83. The molecule has 0 aliphatic heterocycles. The molecule has 100 valence electrons. The van der Waals surface area contributed by atoms with Gasteiger partial charge in [-0.05, 0) is 31.6 Å². The number of rotatable bonds is 10. The third-order valence-electron chi connectivity index (χ3n) is 4.35. The topological polar surface area (TPSA) is 43.1 Å². The molecule has 17 heavy (non-hydrogen) atoms. The van der Waals surface area contributed by atoms with E-state index in [9.17, 15) is 4.79 Å². The average Bonchev–Trinajstić information content (AvgIpc) is 3.08. The van der Waals surface area contributed by atoms with Gasteiger partial charge in [0.05, 0.1) is 5.41 Å². The Morgan fingerprint density at radius 3 is 2.18 bits per heavy atom. The maximum Gasteiger partial charge on any atom is 0.223 e. The van der Waals surface area contributed by atoms with Crippen LogP contribution in [0.25, 0.3) is 0 Å². The lowest BCUT2D eigenvalue weighted by Crippen LogP contribution is -2.31. The standard InChI is InChI=1S/C15H29NO/c1-3-5-6-7-8-10-13(9-4-2)15(11-12-15)14(16)17/h13H,3-12H2,1-2H3,(H2,16,17). The second-order valence-corrected chi connectivity index (χ2v) is 5.71. The Morgan fingerprint density at radius 2 is 1.71 bits per heavy atom. The molecule has 0 spiro atoms. The van der Waals surface area contributed by atoms with Crippen LogP contribution in [-0.2, 0) is 4.79 Å². The quantitative estimate of drug-likeness (QED) is 0.575. The van der Waals surface area contributed by atoms with E-state index in [-0.39, 0.29) is 11.3 Å². The predicted molar refractivity (Wildman–Crippen MR) is 72.6 cm³/mol. The normalized spacial score (nSPS) is 18.9. The molecule has 0 aromatic carbocycles. The number of amides is 1. The van der Waals surface area contributed by atoms with Crippen molar-refractivity contribution in [1.29, 1.82) is 0 Å². The van der Waals surface area contributed by atoms with Crippen molar-refractivity contribution in [3.8, 4) is 0 Å². The van der Waals surface area contributed by atoms with Crippen LogP contribution in [0.15, 0.2) is 0 Å². The molecule has 1 amide bonds. The smallest absolute Gasteiger partial charge is 0.223 e. The molecule has 1 unspecified atom stereocenters. The first-order chi connectivity index (χ1) is 8.17. The summed E-state index contributed by atoms with van der Waals surface area (Å²) in [6, 6.07) is 0. The molecule has 0 bridgehead atoms. The molecule has 1 aliphatic carbocycles. The van der Waals surface area contributed by atoms with Gasteiger partial charge in [0.2, 0.25) is 5.91 Å². The van der Waals surface area contributed by atoms with Crippen LogP contribution in [0.2, 0.25) is 0 Å². The fraction of sp³-hybridized carbons (Fsp3) is 0.933. The number of nitrogens with two attached hydrogens (primary N) is 1. The summed E-state index contributed by atoms with van der Waals surface area (Å²) in [7, 11) is 0. The largest absolute Gasteiger partial charge is 0.369 e. The lowest BCUT2D eigenvalue weighted by molar-refractivity contribution is -0.125. The van der Waals surface area contributed by atoms with Gasteiger partial charge in [0.15, 0.2) is 0 Å². The van der Waals surface area contributed by atoms with Crippen LogP contribution < -0.4 is 5.73 Å². The summed E-state index contributed by atoms with van der Waals surface area (Å²) in [5.41, 5.74) is 5.48. The Kier molecular flexibility index (Phi) is 6.01. The molecule has 1 saturated carbocycles. The maximum atomic E-state index is 11.6. The van der Waals surface area contributed by atoms with Gasteiger partial charge < -0.3 is 5.73 Å². The third kappa shape index (κ3) is 4.01. The summed E-state index contributed by atoms with van der Waals surface area (Å²) >= 11 is 0.